The van der Waals surface area contributed by atoms with Gasteiger partial charge in [-0.15, -0.1) is 0 Å². The van der Waals surface area contributed by atoms with E-state index in [4.69, 9.17) is 0 Å². The van der Waals surface area contributed by atoms with Crippen LogP contribution in [0.5, 0.6) is 0 Å². The van der Waals surface area contributed by atoms with Gasteiger partial charge in [0.15, 0.2) is 0 Å². The lowest BCUT2D eigenvalue weighted by Gasteiger charge is -2.17. The quantitative estimate of drug-likeness (QED) is 0.661. The summed E-state index contributed by atoms with van der Waals surface area (Å²) in [5, 5.41) is 7.19. The van der Waals surface area contributed by atoms with Gasteiger partial charge in [-0.2, -0.15) is 5.10 Å². The fourth-order valence-electron chi connectivity index (χ4n) is 3.69. The number of amides is 2. The number of carbonyl (C=O) groups excluding carboxylic acids is 2. The molecule has 30 heavy (non-hydrogen) atoms. The Hall–Kier alpha value is -3.41. The second kappa shape index (κ2) is 8.95. The molecule has 6 heteroatoms. The minimum atomic E-state index is -0.290. The van der Waals surface area contributed by atoms with Gasteiger partial charge in [0.25, 0.3) is 0 Å². The molecule has 4 rings (SSSR count). The molecule has 2 aromatic carbocycles. The van der Waals surface area contributed by atoms with Crippen LogP contribution >= 0.6 is 0 Å². The van der Waals surface area contributed by atoms with E-state index in [0.717, 1.165) is 23.2 Å². The van der Waals surface area contributed by atoms with Crippen molar-refractivity contribution in [3.05, 3.63) is 89.2 Å². The van der Waals surface area contributed by atoms with E-state index in [1.54, 1.807) is 11.1 Å². The number of carbonyl (C=O) groups is 2. The predicted molar refractivity (Wildman–Crippen MR) is 114 cm³/mol. The van der Waals surface area contributed by atoms with Gasteiger partial charge in [-0.3, -0.25) is 14.3 Å². The first-order valence-corrected chi connectivity index (χ1v) is 10.2. The number of hydrogen-bond acceptors (Lipinski definition) is 3. The number of aryl methyl sites for hydroxylation is 1. The molecule has 0 spiro atoms. The van der Waals surface area contributed by atoms with Crippen molar-refractivity contribution < 1.29 is 9.59 Å². The van der Waals surface area contributed by atoms with Crippen molar-refractivity contribution >= 4 is 11.8 Å². The minimum absolute atomic E-state index is 0.0405. The van der Waals surface area contributed by atoms with Crippen LogP contribution in [-0.4, -0.2) is 33.0 Å². The van der Waals surface area contributed by atoms with E-state index < -0.39 is 0 Å². The Morgan fingerprint density at radius 2 is 1.70 bits per heavy atom. The van der Waals surface area contributed by atoms with Crippen LogP contribution in [-0.2, 0) is 29.2 Å². The van der Waals surface area contributed by atoms with Crippen molar-refractivity contribution in [1.82, 2.24) is 20.0 Å². The van der Waals surface area contributed by atoms with Gasteiger partial charge in [-0.05, 0) is 29.7 Å². The molecule has 6 nitrogen and oxygen atoms in total. The molecule has 1 aromatic heterocycles. The summed E-state index contributed by atoms with van der Waals surface area (Å²) in [5.74, 6) is -0.309. The van der Waals surface area contributed by atoms with Crippen LogP contribution in [0.2, 0.25) is 0 Å². The maximum Gasteiger partial charge on any atom is 0.225 e. The van der Waals surface area contributed by atoms with Crippen molar-refractivity contribution in [2.75, 3.05) is 6.54 Å². The highest BCUT2D eigenvalue weighted by Crippen LogP contribution is 2.21. The predicted octanol–water partition coefficient (Wildman–Crippen LogP) is 2.90. The second-order valence-electron chi connectivity index (χ2n) is 7.90. The zero-order chi connectivity index (χ0) is 20.9. The average Bonchev–Trinajstić information content (AvgIpc) is 3.39. The molecule has 2 amide bonds. The molecule has 2 heterocycles. The smallest absolute Gasteiger partial charge is 0.225 e. The van der Waals surface area contributed by atoms with Crippen molar-refractivity contribution in [3.63, 3.8) is 0 Å². The molecule has 1 atom stereocenters. The summed E-state index contributed by atoms with van der Waals surface area (Å²) in [5.41, 5.74) is 4.47. The van der Waals surface area contributed by atoms with Crippen LogP contribution in [0, 0.1) is 12.8 Å². The van der Waals surface area contributed by atoms with Gasteiger partial charge < -0.3 is 10.2 Å². The van der Waals surface area contributed by atoms with Gasteiger partial charge in [0.2, 0.25) is 11.8 Å². The van der Waals surface area contributed by atoms with Crippen molar-refractivity contribution in [1.29, 1.82) is 0 Å². The molecule has 0 bridgehead atoms. The lowest BCUT2D eigenvalue weighted by atomic mass is 10.1. The Labute approximate surface area is 176 Å². The average molecular weight is 402 g/mol. The highest BCUT2D eigenvalue weighted by Gasteiger charge is 2.34. The lowest BCUT2D eigenvalue weighted by Crippen LogP contribution is -2.32. The van der Waals surface area contributed by atoms with Gasteiger partial charge in [-0.1, -0.05) is 54.1 Å². The zero-order valence-corrected chi connectivity index (χ0v) is 17.1. The summed E-state index contributed by atoms with van der Waals surface area (Å²) in [6.07, 6.45) is 3.97. The topological polar surface area (TPSA) is 67.2 Å². The fourth-order valence-corrected chi connectivity index (χ4v) is 3.69. The maximum absolute atomic E-state index is 12.6. The molecule has 0 saturated carbocycles. The second-order valence-corrected chi connectivity index (χ2v) is 7.90. The molecule has 0 radical (unpaired) electrons. The summed E-state index contributed by atoms with van der Waals surface area (Å²) in [6, 6.07) is 18.2. The van der Waals surface area contributed by atoms with Crippen LogP contribution in [0.4, 0.5) is 0 Å². The summed E-state index contributed by atoms with van der Waals surface area (Å²) in [6.45, 7) is 4.25. The first kappa shape index (κ1) is 19.9. The van der Waals surface area contributed by atoms with Gasteiger partial charge in [0.1, 0.15) is 0 Å². The SMILES string of the molecule is Cc1ccc(CN2C[C@@H](C(=O)NCc3ccc(Cn4cccn4)cc3)CC2=O)cc1. The van der Waals surface area contributed by atoms with E-state index in [1.165, 1.54) is 5.56 Å². The van der Waals surface area contributed by atoms with E-state index >= 15 is 0 Å². The Morgan fingerprint density at radius 1 is 1.03 bits per heavy atom. The summed E-state index contributed by atoms with van der Waals surface area (Å²) >= 11 is 0. The molecule has 1 saturated heterocycles. The van der Waals surface area contributed by atoms with Crippen molar-refractivity contribution in [2.45, 2.75) is 33.0 Å². The van der Waals surface area contributed by atoms with E-state index in [2.05, 4.69) is 10.4 Å². The summed E-state index contributed by atoms with van der Waals surface area (Å²) in [4.78, 5) is 26.7. The van der Waals surface area contributed by atoms with Crippen molar-refractivity contribution in [3.8, 4) is 0 Å². The number of nitrogens with one attached hydrogen (secondary N) is 1. The van der Waals surface area contributed by atoms with Gasteiger partial charge in [0.05, 0.1) is 12.5 Å². The Kier molecular flexibility index (Phi) is 5.93. The van der Waals surface area contributed by atoms with Crippen LogP contribution in [0.1, 0.15) is 28.7 Å². The highest BCUT2D eigenvalue weighted by molar-refractivity contribution is 5.89. The molecule has 0 aliphatic carbocycles. The van der Waals surface area contributed by atoms with Crippen LogP contribution in [0.3, 0.4) is 0 Å². The molecule has 154 valence electrons. The third kappa shape index (κ3) is 4.95. The molecule has 0 unspecified atom stereocenters. The lowest BCUT2D eigenvalue weighted by molar-refractivity contribution is -0.129. The van der Waals surface area contributed by atoms with E-state index in [0.29, 0.717) is 19.6 Å². The number of likely N-dealkylation sites (tertiary alicyclic amines) is 1. The monoisotopic (exact) mass is 402 g/mol. The van der Waals surface area contributed by atoms with Gasteiger partial charge >= 0.3 is 0 Å². The van der Waals surface area contributed by atoms with Crippen molar-refractivity contribution in [2.24, 2.45) is 5.92 Å². The maximum atomic E-state index is 12.6. The van der Waals surface area contributed by atoms with Crippen LogP contribution in [0.25, 0.3) is 0 Å². The van der Waals surface area contributed by atoms with E-state index in [1.807, 2.05) is 72.4 Å². The molecular formula is C24H26N4O2. The number of rotatable bonds is 7. The Morgan fingerprint density at radius 3 is 2.40 bits per heavy atom. The van der Waals surface area contributed by atoms with Gasteiger partial charge in [0, 0.05) is 38.4 Å². The number of benzene rings is 2. The van der Waals surface area contributed by atoms with E-state index in [-0.39, 0.29) is 24.2 Å². The Bertz CT molecular complexity index is 995. The molecule has 1 aliphatic heterocycles. The first-order chi connectivity index (χ1) is 14.6. The standard InChI is InChI=1S/C24H26N4O2/c1-18-3-5-20(6-4-18)15-27-17-22(13-23(27)29)24(30)25-14-19-7-9-21(10-8-19)16-28-12-2-11-26-28/h2-12,22H,13-17H2,1H3,(H,25,30)/t22-/m0/s1. The largest absolute Gasteiger partial charge is 0.352 e. The van der Waals surface area contributed by atoms with Gasteiger partial charge in [-0.25, -0.2) is 0 Å². The van der Waals surface area contributed by atoms with E-state index in [9.17, 15) is 9.59 Å². The van der Waals surface area contributed by atoms with Crippen LogP contribution in [0.15, 0.2) is 67.0 Å². The first-order valence-electron chi connectivity index (χ1n) is 10.2. The Balaban J connectivity index is 1.26. The molecule has 1 aliphatic rings. The fraction of sp³-hybridized carbons (Fsp3) is 0.292. The third-order valence-corrected chi connectivity index (χ3v) is 5.47. The normalized spacial score (nSPS) is 16.1. The minimum Gasteiger partial charge on any atom is -0.352 e. The molecule has 1 fully saturated rings. The summed E-state index contributed by atoms with van der Waals surface area (Å²) < 4.78 is 1.87. The van der Waals surface area contributed by atoms with Crippen LogP contribution < -0.4 is 5.32 Å². The molecule has 1 N–H and O–H groups in total. The highest BCUT2D eigenvalue weighted by atomic mass is 16.2. The molecular weight excluding hydrogens is 376 g/mol. The third-order valence-electron chi connectivity index (χ3n) is 5.47. The number of aromatic nitrogens is 2. The summed E-state index contributed by atoms with van der Waals surface area (Å²) in [7, 11) is 0. The number of nitrogens with zero attached hydrogens (tertiary/aromatic N) is 3. The zero-order valence-electron chi connectivity index (χ0n) is 17.1. The number of hydrogen-bond donors (Lipinski definition) is 1. The molecule has 3 aromatic rings.